The second kappa shape index (κ2) is 11.2. The molecule has 260 valence electrons. The lowest BCUT2D eigenvalue weighted by Crippen LogP contribution is -2.69. The number of rotatable bonds is 5. The van der Waals surface area contributed by atoms with Crippen LogP contribution in [-0.2, 0) is 23.8 Å². The molecule has 1 aliphatic heterocycles. The van der Waals surface area contributed by atoms with Crippen molar-refractivity contribution in [2.24, 2.45) is 44.8 Å². The van der Waals surface area contributed by atoms with Crippen LogP contribution in [0, 0.1) is 44.8 Å². The molecule has 6 N–H and O–H groups in total. The van der Waals surface area contributed by atoms with E-state index in [0.717, 1.165) is 12.0 Å². The van der Waals surface area contributed by atoms with Gasteiger partial charge in [0.25, 0.3) is 0 Å². The fourth-order valence-corrected chi connectivity index (χ4v) is 12.0. The molecule has 0 radical (unpaired) electrons. The molecule has 14 atom stereocenters. The molecule has 0 aromatic heterocycles. The molecule has 0 amide bonds. The van der Waals surface area contributed by atoms with Gasteiger partial charge in [0.15, 0.2) is 6.29 Å². The Bertz CT molecular complexity index is 1270. The predicted molar refractivity (Wildman–Crippen MR) is 164 cm³/mol. The van der Waals surface area contributed by atoms with Gasteiger partial charge < -0.3 is 44.8 Å². The topological polar surface area (TPSA) is 183 Å². The van der Waals surface area contributed by atoms with Crippen molar-refractivity contribution in [3.8, 4) is 0 Å². The molecule has 10 unspecified atom stereocenters. The number of aliphatic carboxylic acids is 1. The largest absolute Gasteiger partial charge is 0.481 e. The Morgan fingerprint density at radius 2 is 1.63 bits per heavy atom. The first-order valence-electron chi connectivity index (χ1n) is 17.1. The summed E-state index contributed by atoms with van der Waals surface area (Å²) in [5.41, 5.74) is -2.91. The van der Waals surface area contributed by atoms with E-state index in [2.05, 4.69) is 26.8 Å². The number of carboxylic acid groups (broad SMARTS) is 1. The Balaban J connectivity index is 1.38. The highest BCUT2D eigenvalue weighted by atomic mass is 16.7. The Morgan fingerprint density at radius 1 is 0.935 bits per heavy atom. The monoisotopic (exact) mass is 650 g/mol. The normalized spacial score (nSPS) is 53.5. The van der Waals surface area contributed by atoms with Crippen LogP contribution in [0.15, 0.2) is 11.6 Å². The van der Waals surface area contributed by atoms with Crippen LogP contribution in [0.25, 0.3) is 0 Å². The number of ether oxygens (including phenoxy) is 3. The molecule has 0 aromatic rings. The van der Waals surface area contributed by atoms with Gasteiger partial charge in [-0.3, -0.25) is 9.59 Å². The lowest BCUT2D eigenvalue weighted by atomic mass is 9.34. The highest BCUT2D eigenvalue weighted by Gasteiger charge is 2.71. The van der Waals surface area contributed by atoms with Crippen molar-refractivity contribution in [1.29, 1.82) is 0 Å². The number of hydrogen-bond acceptors (Lipinski definition) is 10. The summed E-state index contributed by atoms with van der Waals surface area (Å²) >= 11 is 0. The van der Waals surface area contributed by atoms with Crippen LogP contribution < -0.4 is 0 Å². The fourth-order valence-electron chi connectivity index (χ4n) is 12.0. The van der Waals surface area contributed by atoms with Crippen LogP contribution >= 0.6 is 0 Å². The number of carbonyl (C=O) groups excluding carboxylic acids is 1. The Kier molecular flexibility index (Phi) is 8.36. The van der Waals surface area contributed by atoms with E-state index < -0.39 is 65.1 Å². The number of carbonyl (C=O) groups is 2. The van der Waals surface area contributed by atoms with Gasteiger partial charge in [-0.15, -0.1) is 0 Å². The number of esters is 1. The quantitative estimate of drug-likeness (QED) is 0.190. The number of fused-ring (bicyclic) bond motifs is 7. The van der Waals surface area contributed by atoms with E-state index in [1.54, 1.807) is 0 Å². The summed E-state index contributed by atoms with van der Waals surface area (Å²) in [6, 6.07) is 0. The zero-order valence-corrected chi connectivity index (χ0v) is 27.9. The number of hydrogen-bond donors (Lipinski definition) is 6. The molecule has 4 saturated carbocycles. The van der Waals surface area contributed by atoms with Crippen molar-refractivity contribution in [3.63, 3.8) is 0 Å². The smallest absolute Gasteiger partial charge is 0.311 e. The third-order valence-electron chi connectivity index (χ3n) is 14.7. The minimum Gasteiger partial charge on any atom is -0.481 e. The minimum atomic E-state index is -1.52. The van der Waals surface area contributed by atoms with Crippen LogP contribution in [0.4, 0.5) is 0 Å². The van der Waals surface area contributed by atoms with E-state index in [9.17, 15) is 40.2 Å². The van der Waals surface area contributed by atoms with Gasteiger partial charge >= 0.3 is 11.9 Å². The molecule has 1 saturated heterocycles. The van der Waals surface area contributed by atoms with Gasteiger partial charge in [-0.25, -0.2) is 0 Å². The van der Waals surface area contributed by atoms with Gasteiger partial charge in [-0.2, -0.15) is 0 Å². The van der Waals surface area contributed by atoms with Gasteiger partial charge in [-0.1, -0.05) is 32.4 Å². The van der Waals surface area contributed by atoms with Crippen molar-refractivity contribution in [3.05, 3.63) is 11.6 Å². The van der Waals surface area contributed by atoms with Gasteiger partial charge in [-0.05, 0) is 98.7 Å². The van der Waals surface area contributed by atoms with Gasteiger partial charge in [0.2, 0.25) is 0 Å². The zero-order chi connectivity index (χ0) is 33.7. The van der Waals surface area contributed by atoms with Crippen LogP contribution in [0.1, 0.15) is 91.9 Å². The number of allylic oxidation sites excluding steroid dienone is 2. The molecule has 5 fully saturated rings. The van der Waals surface area contributed by atoms with Crippen LogP contribution in [0.3, 0.4) is 0 Å². The maximum Gasteiger partial charge on any atom is 0.311 e. The molecule has 6 aliphatic rings. The van der Waals surface area contributed by atoms with Crippen molar-refractivity contribution in [1.82, 2.24) is 0 Å². The van der Waals surface area contributed by atoms with E-state index in [1.165, 1.54) is 7.11 Å². The number of aliphatic hydroxyl groups excluding tert-OH is 5. The Labute approximate surface area is 271 Å². The summed E-state index contributed by atoms with van der Waals surface area (Å²) in [5.74, 6) is -1.52. The molecular formula is C35H54O11. The molecule has 11 nitrogen and oxygen atoms in total. The van der Waals surface area contributed by atoms with Crippen LogP contribution in [0.2, 0.25) is 0 Å². The summed E-state index contributed by atoms with van der Waals surface area (Å²) in [6.45, 7) is 8.03. The van der Waals surface area contributed by atoms with E-state index in [-0.39, 0.29) is 47.6 Å². The summed E-state index contributed by atoms with van der Waals surface area (Å²) < 4.78 is 17.3. The van der Waals surface area contributed by atoms with Crippen molar-refractivity contribution in [2.75, 3.05) is 20.3 Å². The molecule has 0 aromatic carbocycles. The highest BCUT2D eigenvalue weighted by Crippen LogP contribution is 2.75. The molecule has 11 heteroatoms. The molecule has 5 aliphatic carbocycles. The number of methoxy groups -OCH3 is 1. The van der Waals surface area contributed by atoms with Crippen molar-refractivity contribution >= 4 is 11.9 Å². The predicted octanol–water partition coefficient (Wildman–Crippen LogP) is 2.55. The summed E-state index contributed by atoms with van der Waals surface area (Å²) in [5, 5.41) is 64.1. The maximum atomic E-state index is 13.0. The van der Waals surface area contributed by atoms with E-state index in [1.807, 2.05) is 6.92 Å². The first-order chi connectivity index (χ1) is 21.5. The van der Waals surface area contributed by atoms with E-state index in [4.69, 9.17) is 14.2 Å². The molecule has 1 heterocycles. The second-order valence-corrected chi connectivity index (χ2v) is 16.7. The lowest BCUT2D eigenvalue weighted by Gasteiger charge is -2.71. The first kappa shape index (κ1) is 34.3. The first-order valence-corrected chi connectivity index (χ1v) is 17.1. The van der Waals surface area contributed by atoms with Crippen molar-refractivity contribution in [2.45, 2.75) is 128 Å². The van der Waals surface area contributed by atoms with Gasteiger partial charge in [0.1, 0.15) is 23.9 Å². The number of aliphatic hydroxyl groups is 5. The van der Waals surface area contributed by atoms with E-state index >= 15 is 0 Å². The second-order valence-electron chi connectivity index (χ2n) is 16.7. The fraction of sp³-hybridized carbons (Fsp3) is 0.886. The summed E-state index contributed by atoms with van der Waals surface area (Å²) in [6.07, 6.45) is 1.26. The molecule has 0 bridgehead atoms. The van der Waals surface area contributed by atoms with Gasteiger partial charge in [0.05, 0.1) is 37.3 Å². The SMILES string of the molecule is COC(=O)C1(C)CCC2(C(=O)O)CCC3(C)C(=CCC4C5(C)CC(O)CC(CO)(O[C@@H]6OC[C@@H](O)[C@H](O)[C@H]6O)C5CCC43C)C2C1. The molecule has 46 heavy (non-hydrogen) atoms. The zero-order valence-electron chi connectivity index (χ0n) is 27.9. The minimum absolute atomic E-state index is 0.0643. The molecule has 0 spiro atoms. The van der Waals surface area contributed by atoms with E-state index in [0.29, 0.717) is 51.4 Å². The highest BCUT2D eigenvalue weighted by molar-refractivity contribution is 5.80. The van der Waals surface area contributed by atoms with Gasteiger partial charge in [0, 0.05) is 6.42 Å². The van der Waals surface area contributed by atoms with Crippen LogP contribution in [-0.4, -0.2) is 99.2 Å². The molecular weight excluding hydrogens is 596 g/mol. The summed E-state index contributed by atoms with van der Waals surface area (Å²) in [7, 11) is 1.39. The Hall–Kier alpha value is -1.60. The summed E-state index contributed by atoms with van der Waals surface area (Å²) in [4.78, 5) is 26.0. The average molecular weight is 651 g/mol. The third kappa shape index (κ3) is 4.55. The average Bonchev–Trinajstić information content (AvgIpc) is 3.00. The Morgan fingerprint density at radius 3 is 2.28 bits per heavy atom. The van der Waals surface area contributed by atoms with Crippen molar-refractivity contribution < 1.29 is 54.4 Å². The maximum absolute atomic E-state index is 13.0. The number of carboxylic acids is 1. The third-order valence-corrected chi connectivity index (χ3v) is 14.7. The lowest BCUT2D eigenvalue weighted by molar-refractivity contribution is -0.340. The molecule has 6 rings (SSSR count). The van der Waals surface area contributed by atoms with Crippen LogP contribution in [0.5, 0.6) is 0 Å². The standard InChI is InChI=1S/C35H54O11/c1-30(29(43)44-5)10-12-34(28(41)42)13-11-32(3)20(21(34)16-30)6-7-23-31(2)14-19(37)15-35(18-36,24(31)8-9-33(23,32)4)46-27-26(40)25(39)22(38)17-45-27/h6,19,21-27,36-40H,7-18H2,1-5H3,(H,41,42)/t19?,21?,22-,23?,24?,25+,26-,27+,30?,31?,32?,33?,34?,35?/m1/s1.